The molecule has 1 amide bonds. The van der Waals surface area contributed by atoms with Crippen LogP contribution in [0.4, 0.5) is 5.69 Å². The van der Waals surface area contributed by atoms with Crippen LogP contribution in [0.25, 0.3) is 0 Å². The summed E-state index contributed by atoms with van der Waals surface area (Å²) in [6.07, 6.45) is 3.18. The molecule has 4 aliphatic heterocycles. The van der Waals surface area contributed by atoms with Crippen molar-refractivity contribution in [1.82, 2.24) is 4.90 Å². The number of piperidine rings is 1. The molecule has 0 unspecified atom stereocenters. The number of nitrogens with zero attached hydrogens (tertiary/aromatic N) is 1. The average Bonchev–Trinajstić information content (AvgIpc) is 3.21. The van der Waals surface area contributed by atoms with Gasteiger partial charge in [0.1, 0.15) is 17.8 Å². The number of hydrogen-bond donors (Lipinski definition) is 1. The number of rotatable bonds is 2. The number of nitrogens with one attached hydrogen (secondary N) is 1. The van der Waals surface area contributed by atoms with E-state index in [-0.39, 0.29) is 35.9 Å². The number of carbonyl (C=O) groups is 2. The van der Waals surface area contributed by atoms with Gasteiger partial charge in [0.05, 0.1) is 18.6 Å². The highest BCUT2D eigenvalue weighted by atomic mass is 16.6. The second-order valence-electron chi connectivity index (χ2n) is 8.56. The van der Waals surface area contributed by atoms with Crippen LogP contribution in [0.3, 0.4) is 0 Å². The largest absolute Gasteiger partial charge is 0.497 e. The van der Waals surface area contributed by atoms with E-state index in [2.05, 4.69) is 17.1 Å². The summed E-state index contributed by atoms with van der Waals surface area (Å²) in [5, 5.41) is 3.09. The second kappa shape index (κ2) is 6.49. The van der Waals surface area contributed by atoms with E-state index in [4.69, 9.17) is 14.2 Å². The molecular formula is C22H26N2O5. The van der Waals surface area contributed by atoms with Gasteiger partial charge in [-0.2, -0.15) is 0 Å². The van der Waals surface area contributed by atoms with Gasteiger partial charge in [-0.15, -0.1) is 0 Å². The van der Waals surface area contributed by atoms with Crippen LogP contribution in [-0.4, -0.2) is 49.1 Å². The number of amides is 1. The van der Waals surface area contributed by atoms with Gasteiger partial charge < -0.3 is 19.5 Å². The molecule has 1 aromatic rings. The molecule has 0 aromatic heterocycles. The fourth-order valence-electron chi connectivity index (χ4n) is 5.85. The molecule has 5 atom stereocenters. The molecule has 2 saturated heterocycles. The summed E-state index contributed by atoms with van der Waals surface area (Å²) in [5.41, 5.74) is 1.32. The third-order valence-electron chi connectivity index (χ3n) is 7.23. The van der Waals surface area contributed by atoms with Crippen LogP contribution in [0.15, 0.2) is 30.2 Å². The minimum Gasteiger partial charge on any atom is -0.497 e. The number of anilines is 1. The number of benzene rings is 1. The Morgan fingerprint density at radius 2 is 2.21 bits per heavy atom. The van der Waals surface area contributed by atoms with Crippen molar-refractivity contribution in [1.29, 1.82) is 0 Å². The minimum atomic E-state index is -0.574. The summed E-state index contributed by atoms with van der Waals surface area (Å²) < 4.78 is 16.6. The number of ether oxygens (including phenoxy) is 3. The maximum atomic E-state index is 13.3. The van der Waals surface area contributed by atoms with E-state index in [0.29, 0.717) is 5.76 Å². The van der Waals surface area contributed by atoms with Crippen molar-refractivity contribution in [2.24, 2.45) is 11.8 Å². The molecule has 0 bridgehead atoms. The van der Waals surface area contributed by atoms with Gasteiger partial charge in [-0.1, -0.05) is 6.07 Å². The van der Waals surface area contributed by atoms with Crippen LogP contribution in [-0.2, 0) is 24.5 Å². The van der Waals surface area contributed by atoms with Gasteiger partial charge in [0.15, 0.2) is 0 Å². The van der Waals surface area contributed by atoms with Gasteiger partial charge in [-0.3, -0.25) is 14.5 Å². The van der Waals surface area contributed by atoms with E-state index < -0.39 is 5.41 Å². The van der Waals surface area contributed by atoms with E-state index in [9.17, 15) is 9.59 Å². The first-order chi connectivity index (χ1) is 13.9. The van der Waals surface area contributed by atoms with E-state index in [1.54, 1.807) is 13.4 Å². The van der Waals surface area contributed by atoms with Gasteiger partial charge in [0.25, 0.3) is 0 Å². The first kappa shape index (κ1) is 18.5. The molecule has 2 fully saturated rings. The predicted molar refractivity (Wildman–Crippen MR) is 105 cm³/mol. The maximum absolute atomic E-state index is 13.3. The molecule has 1 spiro atoms. The molecule has 154 valence electrons. The van der Waals surface area contributed by atoms with E-state index >= 15 is 0 Å². The smallest absolute Gasteiger partial charge is 0.307 e. The highest BCUT2D eigenvalue weighted by Gasteiger charge is 2.61. The summed E-state index contributed by atoms with van der Waals surface area (Å²) in [7, 11) is 1.63. The van der Waals surface area contributed by atoms with Crippen molar-refractivity contribution in [2.45, 2.75) is 44.2 Å². The zero-order chi connectivity index (χ0) is 20.3. The van der Waals surface area contributed by atoms with Crippen molar-refractivity contribution in [3.8, 4) is 5.75 Å². The zero-order valence-electron chi connectivity index (χ0n) is 16.9. The molecule has 1 N–H and O–H groups in total. The van der Waals surface area contributed by atoms with Crippen molar-refractivity contribution < 1.29 is 23.8 Å². The lowest BCUT2D eigenvalue weighted by Crippen LogP contribution is -2.56. The van der Waals surface area contributed by atoms with Crippen LogP contribution in [0.5, 0.6) is 5.75 Å². The molecule has 4 heterocycles. The van der Waals surface area contributed by atoms with Gasteiger partial charge in [-0.25, -0.2) is 0 Å². The zero-order valence-corrected chi connectivity index (χ0v) is 16.9. The molecule has 7 nitrogen and oxygen atoms in total. The van der Waals surface area contributed by atoms with Crippen molar-refractivity contribution in [3.63, 3.8) is 0 Å². The molecule has 29 heavy (non-hydrogen) atoms. The van der Waals surface area contributed by atoms with Crippen LogP contribution in [0.1, 0.15) is 32.3 Å². The number of hydrogen-bond acceptors (Lipinski definition) is 6. The molecule has 4 aliphatic rings. The Bertz CT molecular complexity index is 912. The number of carbonyl (C=O) groups excluding carboxylic acids is 2. The SMILES string of the molecule is COc1ccc2c(c1)NC(=O)[C@@]21CCN2C[C@H]3[C@H](C)OC=C(OC(C)=O)[C@H]3C[C@@H]21. The van der Waals surface area contributed by atoms with Gasteiger partial charge in [0.2, 0.25) is 5.91 Å². The molecular weight excluding hydrogens is 372 g/mol. The molecule has 0 radical (unpaired) electrons. The Labute approximate surface area is 170 Å². The average molecular weight is 398 g/mol. The summed E-state index contributed by atoms with van der Waals surface area (Å²) in [5.74, 6) is 1.35. The summed E-state index contributed by atoms with van der Waals surface area (Å²) in [6.45, 7) is 5.17. The van der Waals surface area contributed by atoms with Crippen molar-refractivity contribution >= 4 is 17.6 Å². The second-order valence-corrected chi connectivity index (χ2v) is 8.56. The standard InChI is InChI=1S/C22H26N2O5/c1-12-16-10-24-7-6-22(17-5-4-14(27-3)8-18(17)23-21(22)26)20(24)9-15(16)19(11-28-12)29-13(2)25/h4-5,8,11-12,15-16,20H,6-7,9-10H2,1-3H3,(H,23,26)/t12-,15-,16-,20+,22-/m0/s1. The fraction of sp³-hybridized carbons (Fsp3) is 0.545. The molecule has 0 aliphatic carbocycles. The lowest BCUT2D eigenvalue weighted by atomic mass is 9.68. The Kier molecular flexibility index (Phi) is 4.13. The number of fused-ring (bicyclic) bond motifs is 5. The summed E-state index contributed by atoms with van der Waals surface area (Å²) in [4.78, 5) is 27.3. The van der Waals surface area contributed by atoms with Crippen molar-refractivity contribution in [3.05, 3.63) is 35.8 Å². The molecule has 1 aromatic carbocycles. The van der Waals surface area contributed by atoms with Crippen LogP contribution in [0, 0.1) is 11.8 Å². The number of esters is 1. The summed E-state index contributed by atoms with van der Waals surface area (Å²) >= 11 is 0. The third kappa shape index (κ3) is 2.60. The van der Waals surface area contributed by atoms with Crippen LogP contribution >= 0.6 is 0 Å². The molecule has 5 rings (SSSR count). The van der Waals surface area contributed by atoms with E-state index in [1.807, 2.05) is 18.2 Å². The fourth-order valence-corrected chi connectivity index (χ4v) is 5.85. The maximum Gasteiger partial charge on any atom is 0.307 e. The van der Waals surface area contributed by atoms with Gasteiger partial charge in [-0.05, 0) is 37.9 Å². The predicted octanol–water partition coefficient (Wildman–Crippen LogP) is 2.42. The van der Waals surface area contributed by atoms with Gasteiger partial charge >= 0.3 is 5.97 Å². The van der Waals surface area contributed by atoms with Gasteiger partial charge in [0, 0.05) is 43.1 Å². The summed E-state index contributed by atoms with van der Waals surface area (Å²) in [6, 6.07) is 5.91. The normalized spacial score (nSPS) is 35.1. The topological polar surface area (TPSA) is 77.1 Å². The first-order valence-electron chi connectivity index (χ1n) is 10.2. The van der Waals surface area contributed by atoms with E-state index in [1.165, 1.54) is 6.92 Å². The Hall–Kier alpha value is -2.54. The van der Waals surface area contributed by atoms with Crippen molar-refractivity contribution in [2.75, 3.05) is 25.5 Å². The van der Waals surface area contributed by atoms with E-state index in [0.717, 1.165) is 42.9 Å². The van der Waals surface area contributed by atoms with Crippen LogP contribution < -0.4 is 10.1 Å². The monoisotopic (exact) mass is 398 g/mol. The molecule has 7 heteroatoms. The Morgan fingerprint density at radius 3 is 2.97 bits per heavy atom. The first-order valence-corrected chi connectivity index (χ1v) is 10.2. The van der Waals surface area contributed by atoms with Crippen LogP contribution in [0.2, 0.25) is 0 Å². The molecule has 0 saturated carbocycles. The lowest BCUT2D eigenvalue weighted by molar-refractivity contribution is -0.141. The Morgan fingerprint density at radius 1 is 1.38 bits per heavy atom. The third-order valence-corrected chi connectivity index (χ3v) is 7.23. The quantitative estimate of drug-likeness (QED) is 0.771. The lowest BCUT2D eigenvalue weighted by Gasteiger charge is -2.47. The number of methoxy groups -OCH3 is 1. The highest BCUT2D eigenvalue weighted by molar-refractivity contribution is 6.07. The number of allylic oxidation sites excluding steroid dienone is 1. The highest BCUT2D eigenvalue weighted by Crippen LogP contribution is 2.54. The minimum absolute atomic E-state index is 0.0470. The Balaban J connectivity index is 1.52.